The highest BCUT2D eigenvalue weighted by Gasteiger charge is 2.29. The molecular weight excluding hydrogens is 404 g/mol. The van der Waals surface area contributed by atoms with Gasteiger partial charge in [-0.25, -0.2) is 9.59 Å². The maximum atomic E-state index is 13.0. The van der Waals surface area contributed by atoms with Gasteiger partial charge >= 0.3 is 11.8 Å². The van der Waals surface area contributed by atoms with Crippen LogP contribution < -0.4 is 10.6 Å². The van der Waals surface area contributed by atoms with E-state index in [1.165, 1.54) is 5.56 Å². The lowest BCUT2D eigenvalue weighted by Crippen LogP contribution is -2.43. The van der Waals surface area contributed by atoms with E-state index in [-0.39, 0.29) is 17.8 Å². The average Bonchev–Trinajstić information content (AvgIpc) is 3.09. The van der Waals surface area contributed by atoms with Crippen molar-refractivity contribution in [2.24, 2.45) is 0 Å². The van der Waals surface area contributed by atoms with E-state index < -0.39 is 5.60 Å². The van der Waals surface area contributed by atoms with Gasteiger partial charge in [0.2, 0.25) is 0 Å². The zero-order chi connectivity index (χ0) is 22.9. The predicted octanol–water partition coefficient (Wildman–Crippen LogP) is 4.54. The monoisotopic (exact) mass is 436 g/mol. The molecule has 2 heterocycles. The Balaban J connectivity index is 1.54. The summed E-state index contributed by atoms with van der Waals surface area (Å²) in [6.07, 6.45) is 1.15. The molecule has 170 valence electrons. The quantitative estimate of drug-likeness (QED) is 0.652. The van der Waals surface area contributed by atoms with Crippen LogP contribution in [0.15, 0.2) is 53.3 Å². The molecule has 1 N–H and O–H groups in total. The summed E-state index contributed by atoms with van der Waals surface area (Å²) < 4.78 is 7.36. The number of carbonyl (C=O) groups is 1. The number of nitrogens with one attached hydrogen (secondary N) is 1. The molecule has 0 unspecified atom stereocenters. The number of para-hydroxylation sites is 1. The summed E-state index contributed by atoms with van der Waals surface area (Å²) in [4.78, 5) is 32.3. The third-order valence-corrected chi connectivity index (χ3v) is 5.89. The topological polar surface area (TPSA) is 70.6 Å². The second kappa shape index (κ2) is 8.73. The Kier molecular flexibility index (Phi) is 6.00. The third kappa shape index (κ3) is 4.66. The number of piperidine rings is 1. The average molecular weight is 437 g/mol. The Morgan fingerprint density at radius 2 is 1.78 bits per heavy atom. The SMILES string of the molecule is CN(Cc1ccccc1)c1cccc2c1[nH]c(=O)n2C1CCN(C(=O)OC(C)(C)C)CC1. The Morgan fingerprint density at radius 1 is 1.09 bits per heavy atom. The number of ether oxygens (including phenoxy) is 1. The molecule has 1 aromatic heterocycles. The largest absolute Gasteiger partial charge is 0.444 e. The molecule has 2 aromatic carbocycles. The fourth-order valence-electron chi connectivity index (χ4n) is 4.39. The molecule has 0 saturated carbocycles. The van der Waals surface area contributed by atoms with Crippen molar-refractivity contribution in [2.45, 2.75) is 51.8 Å². The van der Waals surface area contributed by atoms with Gasteiger partial charge < -0.3 is 19.5 Å². The highest BCUT2D eigenvalue weighted by molar-refractivity contribution is 5.89. The molecule has 7 nitrogen and oxygen atoms in total. The van der Waals surface area contributed by atoms with Gasteiger partial charge in [0.05, 0.1) is 16.7 Å². The number of H-pyrrole nitrogens is 1. The third-order valence-electron chi connectivity index (χ3n) is 5.89. The van der Waals surface area contributed by atoms with E-state index >= 15 is 0 Å². The number of nitrogens with zero attached hydrogens (tertiary/aromatic N) is 3. The molecule has 1 amide bonds. The van der Waals surface area contributed by atoms with Crippen molar-refractivity contribution in [3.05, 3.63) is 64.6 Å². The summed E-state index contributed by atoms with van der Waals surface area (Å²) in [5.41, 5.74) is 3.35. The van der Waals surface area contributed by atoms with Gasteiger partial charge in [-0.05, 0) is 51.3 Å². The first-order valence-electron chi connectivity index (χ1n) is 11.2. The number of hydrogen-bond donors (Lipinski definition) is 1. The number of rotatable bonds is 4. The molecular formula is C25H32N4O3. The van der Waals surface area contributed by atoms with Gasteiger partial charge in [-0.2, -0.15) is 0 Å². The maximum Gasteiger partial charge on any atom is 0.410 e. The van der Waals surface area contributed by atoms with Crippen LogP contribution in [0.2, 0.25) is 0 Å². The minimum absolute atomic E-state index is 0.0459. The number of aromatic amines is 1. The summed E-state index contributed by atoms with van der Waals surface area (Å²) in [5.74, 6) is 0. The van der Waals surface area contributed by atoms with Crippen molar-refractivity contribution in [3.63, 3.8) is 0 Å². The summed E-state index contributed by atoms with van der Waals surface area (Å²) >= 11 is 0. The first-order chi connectivity index (χ1) is 15.2. The lowest BCUT2D eigenvalue weighted by atomic mass is 10.0. The summed E-state index contributed by atoms with van der Waals surface area (Å²) in [6, 6.07) is 16.4. The smallest absolute Gasteiger partial charge is 0.410 e. The van der Waals surface area contributed by atoms with E-state index in [0.29, 0.717) is 13.1 Å². The Bertz CT molecular complexity index is 1140. The summed E-state index contributed by atoms with van der Waals surface area (Å²) in [5, 5.41) is 0. The van der Waals surface area contributed by atoms with Gasteiger partial charge in [-0.3, -0.25) is 4.57 Å². The standard InChI is InChI=1S/C25H32N4O3/c1-25(2,3)32-24(31)28-15-13-19(14-16-28)29-21-12-8-11-20(22(21)26-23(29)30)27(4)17-18-9-6-5-7-10-18/h5-12,19H,13-17H2,1-4H3,(H,26,30). The molecule has 0 aliphatic carbocycles. The van der Waals surface area contributed by atoms with Crippen molar-refractivity contribution in [2.75, 3.05) is 25.0 Å². The number of hydrogen-bond acceptors (Lipinski definition) is 4. The van der Waals surface area contributed by atoms with Gasteiger partial charge in [-0.1, -0.05) is 36.4 Å². The molecule has 3 aromatic rings. The molecule has 4 rings (SSSR count). The van der Waals surface area contributed by atoms with Gasteiger partial charge in [0.1, 0.15) is 5.60 Å². The van der Waals surface area contributed by atoms with Crippen LogP contribution >= 0.6 is 0 Å². The number of likely N-dealkylation sites (tertiary alicyclic amines) is 1. The van der Waals surface area contributed by atoms with Crippen LogP contribution in [-0.4, -0.2) is 46.3 Å². The van der Waals surface area contributed by atoms with E-state index in [1.807, 2.05) is 68.8 Å². The van der Waals surface area contributed by atoms with E-state index in [4.69, 9.17) is 4.74 Å². The molecule has 1 aliphatic rings. The van der Waals surface area contributed by atoms with Crippen LogP contribution in [0.25, 0.3) is 11.0 Å². The van der Waals surface area contributed by atoms with E-state index in [1.54, 1.807) is 4.90 Å². The molecule has 0 spiro atoms. The highest BCUT2D eigenvalue weighted by Crippen LogP contribution is 2.30. The van der Waals surface area contributed by atoms with Crippen LogP contribution in [0.5, 0.6) is 0 Å². The molecule has 0 atom stereocenters. The van der Waals surface area contributed by atoms with Crippen molar-refractivity contribution in [3.8, 4) is 0 Å². The minimum atomic E-state index is -0.510. The zero-order valence-electron chi connectivity index (χ0n) is 19.3. The van der Waals surface area contributed by atoms with Gasteiger partial charge in [-0.15, -0.1) is 0 Å². The van der Waals surface area contributed by atoms with Crippen molar-refractivity contribution >= 4 is 22.8 Å². The normalized spacial score (nSPS) is 15.2. The predicted molar refractivity (Wildman–Crippen MR) is 127 cm³/mol. The summed E-state index contributed by atoms with van der Waals surface area (Å²) in [6.45, 7) is 7.51. The van der Waals surface area contributed by atoms with Crippen LogP contribution in [0.1, 0.15) is 45.2 Å². The van der Waals surface area contributed by atoms with Crippen LogP contribution in [-0.2, 0) is 11.3 Å². The maximum absolute atomic E-state index is 13.0. The summed E-state index contributed by atoms with van der Waals surface area (Å²) in [7, 11) is 2.04. The minimum Gasteiger partial charge on any atom is -0.444 e. The van der Waals surface area contributed by atoms with Gasteiger partial charge in [0.15, 0.2) is 0 Å². The molecule has 32 heavy (non-hydrogen) atoms. The fraction of sp³-hybridized carbons (Fsp3) is 0.440. The number of carbonyl (C=O) groups excluding carboxylic acids is 1. The van der Waals surface area contributed by atoms with Gasteiger partial charge in [0.25, 0.3) is 0 Å². The molecule has 1 saturated heterocycles. The van der Waals surface area contributed by atoms with Crippen molar-refractivity contribution < 1.29 is 9.53 Å². The van der Waals surface area contributed by atoms with Crippen LogP contribution in [0, 0.1) is 0 Å². The number of anilines is 1. The number of benzene rings is 2. The Hall–Kier alpha value is -3.22. The van der Waals surface area contributed by atoms with E-state index in [9.17, 15) is 9.59 Å². The van der Waals surface area contributed by atoms with Crippen molar-refractivity contribution in [1.29, 1.82) is 0 Å². The number of amides is 1. The molecule has 7 heteroatoms. The Morgan fingerprint density at radius 3 is 2.44 bits per heavy atom. The zero-order valence-corrected chi connectivity index (χ0v) is 19.3. The van der Waals surface area contributed by atoms with Gasteiger partial charge in [0, 0.05) is 32.7 Å². The first-order valence-corrected chi connectivity index (χ1v) is 11.2. The molecule has 0 bridgehead atoms. The molecule has 0 radical (unpaired) electrons. The van der Waals surface area contributed by atoms with E-state index in [0.717, 1.165) is 36.1 Å². The Labute approximate surface area is 188 Å². The lowest BCUT2D eigenvalue weighted by Gasteiger charge is -2.33. The number of imidazole rings is 1. The van der Waals surface area contributed by atoms with E-state index in [2.05, 4.69) is 22.0 Å². The van der Waals surface area contributed by atoms with Crippen LogP contribution in [0.3, 0.4) is 0 Å². The van der Waals surface area contributed by atoms with Crippen LogP contribution in [0.4, 0.5) is 10.5 Å². The lowest BCUT2D eigenvalue weighted by molar-refractivity contribution is 0.0189. The second-order valence-electron chi connectivity index (χ2n) is 9.51. The van der Waals surface area contributed by atoms with Crippen molar-refractivity contribution in [1.82, 2.24) is 14.5 Å². The highest BCUT2D eigenvalue weighted by atomic mass is 16.6. The first kappa shape index (κ1) is 22.0. The fourth-order valence-corrected chi connectivity index (χ4v) is 4.39. The molecule has 1 fully saturated rings. The number of fused-ring (bicyclic) bond motifs is 1. The molecule has 1 aliphatic heterocycles. The number of aromatic nitrogens is 2. The second-order valence-corrected chi connectivity index (χ2v) is 9.51.